The van der Waals surface area contributed by atoms with Crippen LogP contribution < -0.4 is 10.6 Å². The van der Waals surface area contributed by atoms with Gasteiger partial charge in [0.05, 0.1) is 6.61 Å². The second-order valence-corrected chi connectivity index (χ2v) is 8.39. The number of carboxylic acids is 2. The van der Waals surface area contributed by atoms with Crippen LogP contribution in [0.3, 0.4) is 0 Å². The third-order valence-electron chi connectivity index (χ3n) is 5.04. The molecule has 0 fully saturated rings. The number of nitrogens with one attached hydrogen (secondary N) is 2. The molecule has 0 aromatic heterocycles. The number of hydrogen-bond acceptors (Lipinski definition) is 6. The van der Waals surface area contributed by atoms with Crippen LogP contribution in [0.25, 0.3) is 0 Å². The van der Waals surface area contributed by atoms with E-state index in [1.165, 1.54) is 19.9 Å². The number of unbranched alkanes of at least 4 members (excludes halogenated alkanes) is 3. The fourth-order valence-corrected chi connectivity index (χ4v) is 2.64. The number of carbonyl (C=O) groups is 4. The predicted molar refractivity (Wildman–Crippen MR) is 123 cm³/mol. The molecular weight excluding hydrogens is 432 g/mol. The summed E-state index contributed by atoms with van der Waals surface area (Å²) >= 11 is 0. The first-order valence-electron chi connectivity index (χ1n) is 11.0. The normalized spacial score (nSPS) is 13.1. The first-order valence-corrected chi connectivity index (χ1v) is 11.0. The number of ether oxygens (including phenoxy) is 2. The van der Waals surface area contributed by atoms with Gasteiger partial charge in [0, 0.05) is 36.1 Å². The van der Waals surface area contributed by atoms with E-state index in [0.717, 1.165) is 25.7 Å². The summed E-state index contributed by atoms with van der Waals surface area (Å²) in [4.78, 5) is 45.1. The smallest absolute Gasteiger partial charge is 0.407 e. The van der Waals surface area contributed by atoms with Crippen molar-refractivity contribution in [2.24, 2.45) is 5.41 Å². The van der Waals surface area contributed by atoms with Gasteiger partial charge in [-0.05, 0) is 33.6 Å². The molecule has 1 unspecified atom stereocenters. The van der Waals surface area contributed by atoms with E-state index in [1.54, 1.807) is 26.8 Å². The van der Waals surface area contributed by atoms with Crippen LogP contribution in [0.2, 0.25) is 0 Å². The van der Waals surface area contributed by atoms with Gasteiger partial charge in [-0.1, -0.05) is 38.8 Å². The zero-order valence-electron chi connectivity index (χ0n) is 20.2. The summed E-state index contributed by atoms with van der Waals surface area (Å²) < 4.78 is 10.3. The van der Waals surface area contributed by atoms with Gasteiger partial charge < -0.3 is 30.3 Å². The van der Waals surface area contributed by atoms with Gasteiger partial charge in [0.2, 0.25) is 0 Å². The average Bonchev–Trinajstić information content (AvgIpc) is 2.72. The molecule has 0 radical (unpaired) electrons. The highest BCUT2D eigenvalue weighted by Gasteiger charge is 2.28. The summed E-state index contributed by atoms with van der Waals surface area (Å²) in [6, 6.07) is 0. The lowest BCUT2D eigenvalue weighted by Crippen LogP contribution is -2.35. The summed E-state index contributed by atoms with van der Waals surface area (Å²) in [5, 5.41) is 23.0. The lowest BCUT2D eigenvalue weighted by atomic mass is 9.85. The van der Waals surface area contributed by atoms with Crippen LogP contribution in [-0.4, -0.2) is 60.1 Å². The van der Waals surface area contributed by atoms with E-state index in [1.807, 2.05) is 0 Å². The summed E-state index contributed by atoms with van der Waals surface area (Å²) in [5.74, 6) is -2.00. The Morgan fingerprint density at radius 2 is 1.39 bits per heavy atom. The number of carbonyl (C=O) groups excluding carboxylic acids is 2. The predicted octanol–water partition coefficient (Wildman–Crippen LogP) is 3.87. The van der Waals surface area contributed by atoms with Gasteiger partial charge in [0.25, 0.3) is 0 Å². The molecule has 0 saturated heterocycles. The summed E-state index contributed by atoms with van der Waals surface area (Å²) in [5.41, 5.74) is -0.216. The minimum Gasteiger partial charge on any atom is -0.478 e. The Morgan fingerprint density at radius 1 is 0.879 bits per heavy atom. The molecule has 10 heteroatoms. The quantitative estimate of drug-likeness (QED) is 0.208. The van der Waals surface area contributed by atoms with Gasteiger partial charge in [-0.15, -0.1) is 0 Å². The Morgan fingerprint density at radius 3 is 1.91 bits per heavy atom. The van der Waals surface area contributed by atoms with Crippen LogP contribution in [0.4, 0.5) is 9.59 Å². The Kier molecular flexibility index (Phi) is 14.3. The molecule has 33 heavy (non-hydrogen) atoms. The van der Waals surface area contributed by atoms with Crippen molar-refractivity contribution in [2.45, 2.75) is 72.8 Å². The average molecular weight is 471 g/mol. The number of amides is 2. The molecule has 0 aliphatic carbocycles. The third-order valence-corrected chi connectivity index (χ3v) is 5.04. The topological polar surface area (TPSA) is 151 Å². The molecule has 1 atom stereocenters. The molecule has 0 saturated carbocycles. The molecule has 0 aliphatic rings. The maximum atomic E-state index is 11.9. The van der Waals surface area contributed by atoms with Crippen molar-refractivity contribution in [2.75, 3.05) is 19.7 Å². The maximum Gasteiger partial charge on any atom is 0.407 e. The lowest BCUT2D eigenvalue weighted by molar-refractivity contribution is -0.133. The summed E-state index contributed by atoms with van der Waals surface area (Å²) in [7, 11) is 0. The van der Waals surface area contributed by atoms with Crippen molar-refractivity contribution in [3.63, 3.8) is 0 Å². The largest absolute Gasteiger partial charge is 0.478 e. The molecule has 0 rings (SSSR count). The van der Waals surface area contributed by atoms with Crippen LogP contribution in [0.1, 0.15) is 66.7 Å². The highest BCUT2D eigenvalue weighted by atomic mass is 16.6. The minimum atomic E-state index is -1.01. The molecule has 0 aromatic rings. The molecule has 4 N–H and O–H groups in total. The van der Waals surface area contributed by atoms with E-state index in [0.29, 0.717) is 19.5 Å². The second-order valence-electron chi connectivity index (χ2n) is 8.39. The molecule has 0 heterocycles. The Hall–Kier alpha value is -3.04. The number of rotatable bonds is 15. The maximum absolute atomic E-state index is 11.9. The fourth-order valence-electron chi connectivity index (χ4n) is 2.64. The third kappa shape index (κ3) is 14.6. The molecular formula is C23H38N2O8. The van der Waals surface area contributed by atoms with Gasteiger partial charge in [0.1, 0.15) is 6.10 Å². The molecule has 0 spiro atoms. The first kappa shape index (κ1) is 30.0. The molecule has 10 nitrogen and oxygen atoms in total. The Bertz CT molecular complexity index is 728. The monoisotopic (exact) mass is 470 g/mol. The van der Waals surface area contributed by atoms with Gasteiger partial charge in [-0.2, -0.15) is 0 Å². The van der Waals surface area contributed by atoms with Gasteiger partial charge in [-0.3, -0.25) is 0 Å². The fraction of sp³-hybridized carbons (Fsp3) is 0.652. The van der Waals surface area contributed by atoms with Crippen LogP contribution in [-0.2, 0) is 19.1 Å². The van der Waals surface area contributed by atoms with Gasteiger partial charge in [0.15, 0.2) is 0 Å². The van der Waals surface area contributed by atoms with Crippen molar-refractivity contribution in [1.29, 1.82) is 0 Å². The van der Waals surface area contributed by atoms with E-state index < -0.39 is 35.6 Å². The number of alkyl carbamates (subject to hydrolysis) is 2. The molecule has 0 aromatic carbocycles. The van der Waals surface area contributed by atoms with E-state index in [9.17, 15) is 19.2 Å². The van der Waals surface area contributed by atoms with E-state index >= 15 is 0 Å². The minimum absolute atomic E-state index is 0.115. The van der Waals surface area contributed by atoms with Crippen molar-refractivity contribution in [3.05, 3.63) is 23.3 Å². The van der Waals surface area contributed by atoms with E-state index in [4.69, 9.17) is 19.7 Å². The zero-order valence-corrected chi connectivity index (χ0v) is 20.2. The molecule has 188 valence electrons. The number of carboxylic acid groups (broad SMARTS) is 2. The van der Waals surface area contributed by atoms with Gasteiger partial charge in [-0.25, -0.2) is 19.2 Å². The van der Waals surface area contributed by atoms with E-state index in [-0.39, 0.29) is 17.8 Å². The van der Waals surface area contributed by atoms with Crippen LogP contribution >= 0.6 is 0 Å². The number of aliphatic carboxylic acids is 2. The first-order chi connectivity index (χ1) is 15.4. The SMILES string of the molecule is CC(=CCCOC(=O)NCCCCCCNC(=O)OC(C)C(C)(C)C=C(C)C(=O)O)C(=O)O. The van der Waals surface area contributed by atoms with Crippen molar-refractivity contribution in [1.82, 2.24) is 10.6 Å². The van der Waals surface area contributed by atoms with Crippen LogP contribution in [0, 0.1) is 5.41 Å². The van der Waals surface area contributed by atoms with Crippen LogP contribution in [0.5, 0.6) is 0 Å². The molecule has 2 amide bonds. The highest BCUT2D eigenvalue weighted by Crippen LogP contribution is 2.26. The van der Waals surface area contributed by atoms with Crippen LogP contribution in [0.15, 0.2) is 23.3 Å². The lowest BCUT2D eigenvalue weighted by Gasteiger charge is -2.28. The molecule has 0 aliphatic heterocycles. The standard InChI is InChI=1S/C23H38N2O8/c1-16(19(26)27)11-10-14-32-21(30)24-12-8-6-7-9-13-25-22(31)33-18(3)23(4,5)15-17(2)20(28)29/h11,15,18H,6-10,12-14H2,1-5H3,(H,24,30)(H,25,31)(H,26,27)(H,28,29). The summed E-state index contributed by atoms with van der Waals surface area (Å²) in [6.07, 6.45) is 5.07. The molecule has 0 bridgehead atoms. The van der Waals surface area contributed by atoms with Gasteiger partial charge >= 0.3 is 24.1 Å². The zero-order chi connectivity index (χ0) is 25.4. The second kappa shape index (κ2) is 15.7. The Labute approximate surface area is 195 Å². The Balaban J connectivity index is 3.86. The highest BCUT2D eigenvalue weighted by molar-refractivity contribution is 5.86. The van der Waals surface area contributed by atoms with Crippen molar-refractivity contribution in [3.8, 4) is 0 Å². The van der Waals surface area contributed by atoms with Crippen molar-refractivity contribution < 1.29 is 38.9 Å². The number of hydrogen-bond donors (Lipinski definition) is 4. The van der Waals surface area contributed by atoms with Crippen molar-refractivity contribution >= 4 is 24.1 Å². The summed E-state index contributed by atoms with van der Waals surface area (Å²) in [6.45, 7) is 9.34. The van der Waals surface area contributed by atoms with E-state index in [2.05, 4.69) is 10.6 Å².